The minimum Gasteiger partial charge on any atom is -0.343 e. The average Bonchev–Trinajstić information content (AvgIpc) is 2.46. The highest BCUT2D eigenvalue weighted by atomic mass is 32.2. The van der Waals surface area contributed by atoms with Gasteiger partial charge in [-0.25, -0.2) is 0 Å². The lowest BCUT2D eigenvalue weighted by atomic mass is 10.1. The molecule has 4 heteroatoms. The van der Waals surface area contributed by atoms with E-state index >= 15 is 0 Å². The third-order valence-corrected chi connectivity index (χ3v) is 3.40. The summed E-state index contributed by atoms with van der Waals surface area (Å²) in [6, 6.07) is 0. The third-order valence-electron chi connectivity index (χ3n) is 2.17. The lowest BCUT2D eigenvalue weighted by Gasteiger charge is -2.25. The van der Waals surface area contributed by atoms with E-state index in [-0.39, 0.29) is 11.9 Å². The molecule has 2 aliphatic rings. The van der Waals surface area contributed by atoms with E-state index in [1.54, 1.807) is 11.8 Å². The van der Waals surface area contributed by atoms with E-state index in [2.05, 4.69) is 6.92 Å². The second kappa shape index (κ2) is 3.36. The maximum absolute atomic E-state index is 11.3. The maximum atomic E-state index is 11.3. The van der Waals surface area contributed by atoms with Crippen LogP contribution in [-0.2, 0) is 14.3 Å². The van der Waals surface area contributed by atoms with Gasteiger partial charge >= 0.3 is 0 Å². The van der Waals surface area contributed by atoms with Crippen molar-refractivity contribution in [3.8, 4) is 0 Å². The van der Waals surface area contributed by atoms with Crippen molar-refractivity contribution in [1.82, 2.24) is 0 Å². The molecule has 0 aromatic rings. The monoisotopic (exact) mass is 188 g/mol. The Kier molecular flexibility index (Phi) is 2.39. The van der Waals surface area contributed by atoms with Gasteiger partial charge in [-0.15, -0.1) is 0 Å². The van der Waals surface area contributed by atoms with Crippen LogP contribution >= 0.6 is 11.8 Å². The molecule has 2 saturated heterocycles. The van der Waals surface area contributed by atoms with Crippen LogP contribution in [0.15, 0.2) is 0 Å². The first-order valence-electron chi connectivity index (χ1n) is 4.22. The second-order valence-electron chi connectivity index (χ2n) is 3.00. The van der Waals surface area contributed by atoms with Crippen LogP contribution in [0, 0.1) is 0 Å². The predicted octanol–water partition coefficient (Wildman–Crippen LogP) is 0.822. The molecule has 3 atom stereocenters. The molecule has 0 spiro atoms. The van der Waals surface area contributed by atoms with Gasteiger partial charge in [0.2, 0.25) is 6.29 Å². The highest BCUT2D eigenvalue weighted by molar-refractivity contribution is 7.99. The first-order chi connectivity index (χ1) is 5.81. The SMILES string of the molecule is CCS[C@H]1CC(=O)[C@H]2OC[C@@H]1O2. The van der Waals surface area contributed by atoms with E-state index in [0.717, 1.165) is 5.75 Å². The normalized spacial score (nSPS) is 40.4. The molecule has 0 radical (unpaired) electrons. The second-order valence-corrected chi connectivity index (χ2v) is 4.52. The number of fused-ring (bicyclic) bond motifs is 2. The number of carbonyl (C=O) groups excluding carboxylic acids is 1. The lowest BCUT2D eigenvalue weighted by Crippen LogP contribution is -2.37. The minimum atomic E-state index is -0.538. The van der Waals surface area contributed by atoms with Gasteiger partial charge in [-0.05, 0) is 5.75 Å². The van der Waals surface area contributed by atoms with Gasteiger partial charge in [-0.2, -0.15) is 11.8 Å². The summed E-state index contributed by atoms with van der Waals surface area (Å²) in [5, 5.41) is 0.321. The third kappa shape index (κ3) is 1.39. The van der Waals surface area contributed by atoms with Crippen LogP contribution in [0.1, 0.15) is 13.3 Å². The van der Waals surface area contributed by atoms with Crippen molar-refractivity contribution in [2.24, 2.45) is 0 Å². The number of hydrogen-bond acceptors (Lipinski definition) is 4. The molecule has 2 fully saturated rings. The maximum Gasteiger partial charge on any atom is 0.218 e. The molecular formula is C8H12O3S. The predicted molar refractivity (Wildman–Crippen MR) is 46.2 cm³/mol. The van der Waals surface area contributed by atoms with Crippen LogP contribution < -0.4 is 0 Å². The van der Waals surface area contributed by atoms with Gasteiger partial charge in [-0.3, -0.25) is 4.79 Å². The van der Waals surface area contributed by atoms with Gasteiger partial charge in [0.15, 0.2) is 5.78 Å². The molecule has 0 aliphatic carbocycles. The number of Topliss-reactive ketones (excluding diaryl/α,β-unsaturated/α-hetero) is 1. The molecule has 0 amide bonds. The average molecular weight is 188 g/mol. The zero-order valence-electron chi connectivity index (χ0n) is 6.99. The molecule has 2 rings (SSSR count). The molecule has 2 aliphatic heterocycles. The topological polar surface area (TPSA) is 35.5 Å². The van der Waals surface area contributed by atoms with Crippen LogP contribution in [0.2, 0.25) is 0 Å². The summed E-state index contributed by atoms with van der Waals surface area (Å²) in [6.45, 7) is 2.69. The van der Waals surface area contributed by atoms with Gasteiger partial charge < -0.3 is 9.47 Å². The van der Waals surface area contributed by atoms with E-state index in [1.165, 1.54) is 0 Å². The van der Waals surface area contributed by atoms with E-state index < -0.39 is 6.29 Å². The number of hydrogen-bond donors (Lipinski definition) is 0. The van der Waals surface area contributed by atoms with Gasteiger partial charge in [0, 0.05) is 11.7 Å². The first-order valence-corrected chi connectivity index (χ1v) is 5.27. The van der Waals surface area contributed by atoms with Crippen LogP contribution in [0.4, 0.5) is 0 Å². The summed E-state index contributed by atoms with van der Waals surface area (Å²) in [5.41, 5.74) is 0. The fourth-order valence-corrected chi connectivity index (χ4v) is 2.66. The molecule has 0 unspecified atom stereocenters. The summed E-state index contributed by atoms with van der Waals surface area (Å²) < 4.78 is 10.6. The zero-order valence-corrected chi connectivity index (χ0v) is 7.80. The number of thioether (sulfide) groups is 1. The summed E-state index contributed by atoms with van der Waals surface area (Å²) in [4.78, 5) is 11.3. The quantitative estimate of drug-likeness (QED) is 0.643. The van der Waals surface area contributed by atoms with Crippen molar-refractivity contribution in [2.75, 3.05) is 12.4 Å². The van der Waals surface area contributed by atoms with E-state index in [4.69, 9.17) is 9.47 Å². The highest BCUT2D eigenvalue weighted by Crippen LogP contribution is 2.32. The smallest absolute Gasteiger partial charge is 0.218 e. The van der Waals surface area contributed by atoms with Crippen molar-refractivity contribution in [3.63, 3.8) is 0 Å². The molecule has 0 saturated carbocycles. The van der Waals surface area contributed by atoms with E-state index in [9.17, 15) is 4.79 Å². The van der Waals surface area contributed by atoms with Gasteiger partial charge in [-0.1, -0.05) is 6.92 Å². The molecule has 0 aromatic heterocycles. The molecule has 0 N–H and O–H groups in total. The van der Waals surface area contributed by atoms with Crippen molar-refractivity contribution in [1.29, 1.82) is 0 Å². The minimum absolute atomic E-state index is 0.106. The first kappa shape index (κ1) is 8.53. The van der Waals surface area contributed by atoms with Crippen LogP contribution in [-0.4, -0.2) is 35.8 Å². The van der Waals surface area contributed by atoms with Crippen LogP contribution in [0.3, 0.4) is 0 Å². The van der Waals surface area contributed by atoms with Crippen LogP contribution in [0.25, 0.3) is 0 Å². The fourth-order valence-electron chi connectivity index (χ4n) is 1.59. The van der Waals surface area contributed by atoms with Crippen molar-refractivity contribution < 1.29 is 14.3 Å². The fraction of sp³-hybridized carbons (Fsp3) is 0.875. The van der Waals surface area contributed by atoms with Crippen molar-refractivity contribution in [2.45, 2.75) is 31.0 Å². The molecule has 2 bridgehead atoms. The Morgan fingerprint density at radius 2 is 2.50 bits per heavy atom. The van der Waals surface area contributed by atoms with E-state index in [1.807, 2.05) is 0 Å². The largest absolute Gasteiger partial charge is 0.343 e. The molecule has 0 aromatic carbocycles. The van der Waals surface area contributed by atoms with Gasteiger partial charge in [0.25, 0.3) is 0 Å². The Balaban J connectivity index is 2.02. The summed E-state index contributed by atoms with van der Waals surface area (Å²) in [7, 11) is 0. The summed E-state index contributed by atoms with van der Waals surface area (Å²) in [5.74, 6) is 1.14. The number of rotatable bonds is 2. The molecular weight excluding hydrogens is 176 g/mol. The standard InChI is InChI=1S/C8H12O3S/c1-2-12-7-3-5(9)8-10-4-6(7)11-8/h6-8H,2-4H2,1H3/t6-,7-,8-/m0/s1. The summed E-state index contributed by atoms with van der Waals surface area (Å²) >= 11 is 1.79. The molecule has 2 heterocycles. The number of ether oxygens (including phenoxy) is 2. The Morgan fingerprint density at radius 1 is 1.67 bits per heavy atom. The Morgan fingerprint density at radius 3 is 3.25 bits per heavy atom. The lowest BCUT2D eigenvalue weighted by molar-refractivity contribution is -0.151. The van der Waals surface area contributed by atoms with Gasteiger partial charge in [0.05, 0.1) is 12.7 Å². The molecule has 68 valence electrons. The van der Waals surface area contributed by atoms with E-state index in [0.29, 0.717) is 18.3 Å². The molecule has 3 nitrogen and oxygen atoms in total. The van der Waals surface area contributed by atoms with Crippen LogP contribution in [0.5, 0.6) is 0 Å². The zero-order chi connectivity index (χ0) is 8.55. The van der Waals surface area contributed by atoms with Gasteiger partial charge in [0.1, 0.15) is 0 Å². The number of ketones is 1. The Hall–Kier alpha value is -0.0600. The van der Waals surface area contributed by atoms with Crippen molar-refractivity contribution >= 4 is 17.5 Å². The Labute approximate surface area is 75.8 Å². The molecule has 12 heavy (non-hydrogen) atoms. The Bertz CT molecular complexity index is 195. The highest BCUT2D eigenvalue weighted by Gasteiger charge is 2.42. The summed E-state index contributed by atoms with van der Waals surface area (Å²) in [6.07, 6.45) is 0.231. The van der Waals surface area contributed by atoms with Crippen molar-refractivity contribution in [3.05, 3.63) is 0 Å². The number of carbonyl (C=O) groups is 1.